The number of ketones is 2. The molecule has 0 N–H and O–H groups in total. The first-order valence-electron chi connectivity index (χ1n) is 2.12. The molecule has 0 aliphatic heterocycles. The van der Waals surface area contributed by atoms with Gasteiger partial charge in [-0.1, -0.05) is 0 Å². The lowest BCUT2D eigenvalue weighted by atomic mass is 10.2. The Kier molecular flexibility index (Phi) is 6.43. The van der Waals surface area contributed by atoms with Gasteiger partial charge in [0.1, 0.15) is 11.6 Å². The lowest BCUT2D eigenvalue weighted by Crippen LogP contribution is -1.97. The fraction of sp³-hybridized carbons (Fsp3) is 0.600. The van der Waals surface area contributed by atoms with Crippen LogP contribution in [0.1, 0.15) is 20.3 Å². The average molecular weight is 134 g/mol. The van der Waals surface area contributed by atoms with Crippen LogP contribution >= 0.6 is 13.5 Å². The van der Waals surface area contributed by atoms with E-state index >= 15 is 0 Å². The minimum atomic E-state index is -0.0625. The van der Waals surface area contributed by atoms with Crippen LogP contribution < -0.4 is 0 Å². The second-order valence-electron chi connectivity index (χ2n) is 1.58. The summed E-state index contributed by atoms with van der Waals surface area (Å²) in [7, 11) is 0. The van der Waals surface area contributed by atoms with Gasteiger partial charge in [0.05, 0.1) is 6.42 Å². The topological polar surface area (TPSA) is 34.1 Å². The highest BCUT2D eigenvalue weighted by Gasteiger charge is 1.94. The lowest BCUT2D eigenvalue weighted by Gasteiger charge is -1.81. The molecule has 0 spiro atoms. The normalized spacial score (nSPS) is 7.25. The first kappa shape index (κ1) is 10.6. The summed E-state index contributed by atoms with van der Waals surface area (Å²) in [5.41, 5.74) is 0. The highest BCUT2D eigenvalue weighted by atomic mass is 32.1. The zero-order valence-electron chi connectivity index (χ0n) is 5.02. The van der Waals surface area contributed by atoms with Crippen molar-refractivity contribution in [3.63, 3.8) is 0 Å². The molecule has 0 radical (unpaired) electrons. The summed E-state index contributed by atoms with van der Waals surface area (Å²) in [5, 5.41) is 0. The first-order valence-corrected chi connectivity index (χ1v) is 2.12. The molecule has 0 rings (SSSR count). The molecule has 0 aromatic carbocycles. The van der Waals surface area contributed by atoms with E-state index in [0.717, 1.165) is 0 Å². The van der Waals surface area contributed by atoms with E-state index in [9.17, 15) is 9.59 Å². The summed E-state index contributed by atoms with van der Waals surface area (Å²) in [5.74, 6) is -0.125. The van der Waals surface area contributed by atoms with Crippen LogP contribution in [-0.2, 0) is 9.59 Å². The van der Waals surface area contributed by atoms with Crippen molar-refractivity contribution < 1.29 is 9.59 Å². The van der Waals surface area contributed by atoms with E-state index in [4.69, 9.17) is 0 Å². The SMILES string of the molecule is CC(=O)CC(C)=O.S. The summed E-state index contributed by atoms with van der Waals surface area (Å²) >= 11 is 0. The lowest BCUT2D eigenvalue weighted by molar-refractivity contribution is -0.124. The predicted molar refractivity (Wildman–Crippen MR) is 36.4 cm³/mol. The van der Waals surface area contributed by atoms with E-state index < -0.39 is 0 Å². The van der Waals surface area contributed by atoms with Crippen molar-refractivity contribution in [3.8, 4) is 0 Å². The van der Waals surface area contributed by atoms with Crippen LogP contribution in [0.5, 0.6) is 0 Å². The number of carbonyl (C=O) groups excluding carboxylic acids is 2. The second-order valence-corrected chi connectivity index (χ2v) is 1.58. The number of hydrogen-bond donors (Lipinski definition) is 0. The van der Waals surface area contributed by atoms with E-state index in [1.807, 2.05) is 0 Å². The zero-order valence-corrected chi connectivity index (χ0v) is 6.02. The molecular formula is C5H10O2S. The molecule has 8 heavy (non-hydrogen) atoms. The number of Topliss-reactive ketones (excluding diaryl/α,β-unsaturated/α-hetero) is 2. The Morgan fingerprint density at radius 3 is 1.38 bits per heavy atom. The van der Waals surface area contributed by atoms with Crippen LogP contribution in [0.3, 0.4) is 0 Å². The van der Waals surface area contributed by atoms with Gasteiger partial charge in [0, 0.05) is 0 Å². The minimum absolute atomic E-state index is 0. The van der Waals surface area contributed by atoms with Gasteiger partial charge in [-0.2, -0.15) is 13.5 Å². The monoisotopic (exact) mass is 134 g/mol. The summed E-state index contributed by atoms with van der Waals surface area (Å²) in [6, 6.07) is 0. The number of hydrogen-bond acceptors (Lipinski definition) is 2. The zero-order chi connectivity index (χ0) is 5.86. The van der Waals surface area contributed by atoms with E-state index in [2.05, 4.69) is 0 Å². The van der Waals surface area contributed by atoms with Gasteiger partial charge in [0.2, 0.25) is 0 Å². The fourth-order valence-corrected chi connectivity index (χ4v) is 0.351. The molecule has 0 saturated carbocycles. The molecule has 0 aromatic heterocycles. The van der Waals surface area contributed by atoms with Crippen molar-refractivity contribution in [2.75, 3.05) is 0 Å². The molecular weight excluding hydrogens is 124 g/mol. The van der Waals surface area contributed by atoms with Gasteiger partial charge in [-0.3, -0.25) is 9.59 Å². The predicted octanol–water partition coefficient (Wildman–Crippen LogP) is 0.667. The van der Waals surface area contributed by atoms with E-state index in [1.165, 1.54) is 13.8 Å². The third-order valence-electron chi connectivity index (χ3n) is 0.498. The summed E-state index contributed by atoms with van der Waals surface area (Å²) in [6.45, 7) is 2.81. The molecule has 0 saturated heterocycles. The van der Waals surface area contributed by atoms with Gasteiger partial charge in [-0.15, -0.1) is 0 Å². The van der Waals surface area contributed by atoms with E-state index in [-0.39, 0.29) is 31.5 Å². The summed E-state index contributed by atoms with van der Waals surface area (Å²) in [4.78, 5) is 20.1. The average Bonchev–Trinajstić information content (AvgIpc) is 1.27. The second kappa shape index (κ2) is 4.84. The molecule has 48 valence electrons. The van der Waals surface area contributed by atoms with Gasteiger partial charge in [-0.05, 0) is 13.8 Å². The Morgan fingerprint density at radius 2 is 1.38 bits per heavy atom. The van der Waals surface area contributed by atoms with Crippen molar-refractivity contribution in [2.45, 2.75) is 20.3 Å². The first-order chi connectivity index (χ1) is 3.13. The molecule has 2 nitrogen and oxygen atoms in total. The van der Waals surface area contributed by atoms with Gasteiger partial charge in [0.25, 0.3) is 0 Å². The maximum atomic E-state index is 10.0. The molecule has 3 heteroatoms. The smallest absolute Gasteiger partial charge is 0.137 e. The van der Waals surface area contributed by atoms with Crippen LogP contribution in [0.4, 0.5) is 0 Å². The van der Waals surface area contributed by atoms with Crippen LogP contribution in [0.15, 0.2) is 0 Å². The quantitative estimate of drug-likeness (QED) is 0.520. The van der Waals surface area contributed by atoms with Crippen LogP contribution in [0, 0.1) is 0 Å². The van der Waals surface area contributed by atoms with Crippen molar-refractivity contribution >= 4 is 25.1 Å². The Bertz CT molecular complexity index is 86.6. The van der Waals surface area contributed by atoms with Crippen LogP contribution in [-0.4, -0.2) is 11.6 Å². The molecule has 0 aromatic rings. The summed E-state index contributed by atoms with van der Waals surface area (Å²) in [6.07, 6.45) is 0.0833. The molecule has 0 amide bonds. The van der Waals surface area contributed by atoms with Gasteiger partial charge in [0.15, 0.2) is 0 Å². The standard InChI is InChI=1S/C5H8O2.H2S/c1-4(6)3-5(2)7;/h3H2,1-2H3;1H2. The van der Waals surface area contributed by atoms with E-state index in [1.54, 1.807) is 0 Å². The van der Waals surface area contributed by atoms with Crippen molar-refractivity contribution in [2.24, 2.45) is 0 Å². The largest absolute Gasteiger partial charge is 0.300 e. The van der Waals surface area contributed by atoms with E-state index in [0.29, 0.717) is 0 Å². The molecule has 0 bridgehead atoms. The fourth-order valence-electron chi connectivity index (χ4n) is 0.351. The minimum Gasteiger partial charge on any atom is -0.300 e. The van der Waals surface area contributed by atoms with Gasteiger partial charge < -0.3 is 0 Å². The van der Waals surface area contributed by atoms with Crippen LogP contribution in [0.2, 0.25) is 0 Å². The number of rotatable bonds is 2. The van der Waals surface area contributed by atoms with Crippen molar-refractivity contribution in [1.82, 2.24) is 0 Å². The molecule has 0 atom stereocenters. The molecule has 0 heterocycles. The third kappa shape index (κ3) is 9.19. The van der Waals surface area contributed by atoms with Crippen molar-refractivity contribution in [1.29, 1.82) is 0 Å². The highest BCUT2D eigenvalue weighted by molar-refractivity contribution is 7.59. The summed E-state index contributed by atoms with van der Waals surface area (Å²) < 4.78 is 0. The molecule has 0 aliphatic carbocycles. The Labute approximate surface area is 55.7 Å². The Morgan fingerprint density at radius 1 is 1.12 bits per heavy atom. The van der Waals surface area contributed by atoms with Crippen LogP contribution in [0.25, 0.3) is 0 Å². The molecule has 0 fully saturated rings. The molecule has 0 unspecified atom stereocenters. The number of carbonyl (C=O) groups is 2. The maximum absolute atomic E-state index is 10.0. The highest BCUT2D eigenvalue weighted by Crippen LogP contribution is 1.80. The maximum Gasteiger partial charge on any atom is 0.137 e. The Hall–Kier alpha value is -0.310. The Balaban J connectivity index is 0. The van der Waals surface area contributed by atoms with Gasteiger partial charge >= 0.3 is 0 Å². The van der Waals surface area contributed by atoms with Gasteiger partial charge in [-0.25, -0.2) is 0 Å². The van der Waals surface area contributed by atoms with Crippen molar-refractivity contribution in [3.05, 3.63) is 0 Å². The third-order valence-corrected chi connectivity index (χ3v) is 0.498. The molecule has 0 aliphatic rings.